The van der Waals surface area contributed by atoms with Crippen LogP contribution in [0.25, 0.3) is 0 Å². The van der Waals surface area contributed by atoms with Crippen LogP contribution in [-0.2, 0) is 4.79 Å². The highest BCUT2D eigenvalue weighted by Gasteiger charge is 2.29. The van der Waals surface area contributed by atoms with Crippen LogP contribution in [0, 0.1) is 0 Å². The molecule has 0 radical (unpaired) electrons. The second-order valence-electron chi connectivity index (χ2n) is 5.23. The molecule has 0 atom stereocenters. The van der Waals surface area contributed by atoms with E-state index in [-0.39, 0.29) is 5.91 Å². The lowest BCUT2D eigenvalue weighted by Gasteiger charge is -2.25. The number of nitrogens with two attached hydrogens (primary N) is 1. The van der Waals surface area contributed by atoms with Crippen LogP contribution in [0.4, 0.5) is 5.69 Å². The van der Waals surface area contributed by atoms with Crippen LogP contribution >= 0.6 is 0 Å². The monoisotopic (exact) mass is 277 g/mol. The summed E-state index contributed by atoms with van der Waals surface area (Å²) >= 11 is 0. The van der Waals surface area contributed by atoms with Crippen molar-refractivity contribution >= 4 is 11.6 Å². The molecule has 0 spiro atoms. The molecule has 1 aromatic carbocycles. The molecule has 1 aromatic rings. The number of para-hydroxylation sites is 1. The lowest BCUT2D eigenvalue weighted by molar-refractivity contribution is -0.126. The second-order valence-corrected chi connectivity index (χ2v) is 5.23. The zero-order valence-electron chi connectivity index (χ0n) is 12.9. The van der Waals surface area contributed by atoms with Crippen LogP contribution in [0.5, 0.6) is 0 Å². The zero-order valence-corrected chi connectivity index (χ0v) is 12.9. The van der Waals surface area contributed by atoms with E-state index in [0.29, 0.717) is 19.4 Å². The third-order valence-electron chi connectivity index (χ3n) is 3.87. The van der Waals surface area contributed by atoms with Gasteiger partial charge >= 0.3 is 0 Å². The van der Waals surface area contributed by atoms with Gasteiger partial charge in [-0.25, -0.2) is 0 Å². The van der Waals surface area contributed by atoms with E-state index in [1.165, 1.54) is 5.69 Å². The van der Waals surface area contributed by atoms with Gasteiger partial charge in [-0.2, -0.15) is 0 Å². The van der Waals surface area contributed by atoms with E-state index >= 15 is 0 Å². The van der Waals surface area contributed by atoms with Crippen LogP contribution in [0.1, 0.15) is 33.1 Å². The zero-order chi connectivity index (χ0) is 15.0. The molecule has 0 saturated carbocycles. The van der Waals surface area contributed by atoms with Crippen LogP contribution < -0.4 is 16.0 Å². The van der Waals surface area contributed by atoms with Gasteiger partial charge in [-0.05, 0) is 31.4 Å². The van der Waals surface area contributed by atoms with Crippen molar-refractivity contribution in [2.75, 3.05) is 25.0 Å². The van der Waals surface area contributed by atoms with E-state index < -0.39 is 5.54 Å². The average molecular weight is 277 g/mol. The van der Waals surface area contributed by atoms with Gasteiger partial charge in [0.25, 0.3) is 0 Å². The van der Waals surface area contributed by atoms with E-state index in [9.17, 15) is 4.79 Å². The van der Waals surface area contributed by atoms with Gasteiger partial charge in [0, 0.05) is 25.8 Å². The van der Waals surface area contributed by atoms with Crippen LogP contribution in [-0.4, -0.2) is 31.6 Å². The number of amides is 1. The molecular weight excluding hydrogens is 250 g/mol. The maximum Gasteiger partial charge on any atom is 0.240 e. The molecule has 4 nitrogen and oxygen atoms in total. The first kappa shape index (κ1) is 16.5. The smallest absolute Gasteiger partial charge is 0.240 e. The fraction of sp³-hybridized carbons (Fsp3) is 0.562. The number of anilines is 1. The molecule has 4 heteroatoms. The highest BCUT2D eigenvalue weighted by Crippen LogP contribution is 2.12. The molecule has 3 N–H and O–H groups in total. The molecular formula is C16H27N3O. The molecule has 0 unspecified atom stereocenters. The Labute approximate surface area is 122 Å². The highest BCUT2D eigenvalue weighted by atomic mass is 16.2. The first-order valence-electron chi connectivity index (χ1n) is 7.37. The Morgan fingerprint density at radius 1 is 1.25 bits per heavy atom. The van der Waals surface area contributed by atoms with Crippen LogP contribution in [0.15, 0.2) is 30.3 Å². The van der Waals surface area contributed by atoms with Gasteiger partial charge in [0.15, 0.2) is 0 Å². The molecule has 20 heavy (non-hydrogen) atoms. The van der Waals surface area contributed by atoms with E-state index in [1.54, 1.807) is 0 Å². The molecule has 1 rings (SSSR count). The highest BCUT2D eigenvalue weighted by molar-refractivity contribution is 5.85. The Morgan fingerprint density at radius 3 is 2.40 bits per heavy atom. The summed E-state index contributed by atoms with van der Waals surface area (Å²) in [6, 6.07) is 10.2. The van der Waals surface area contributed by atoms with E-state index in [2.05, 4.69) is 29.4 Å². The lowest BCUT2D eigenvalue weighted by atomic mass is 9.93. The summed E-state index contributed by atoms with van der Waals surface area (Å²) in [5.74, 6) is -0.0372. The number of hydrogen-bond donors (Lipinski definition) is 2. The molecule has 0 heterocycles. The Balaban J connectivity index is 2.30. The largest absolute Gasteiger partial charge is 0.375 e. The van der Waals surface area contributed by atoms with Crippen LogP contribution in [0.2, 0.25) is 0 Å². The number of benzene rings is 1. The third kappa shape index (κ3) is 4.53. The average Bonchev–Trinajstić information content (AvgIpc) is 2.51. The van der Waals surface area contributed by atoms with Crippen molar-refractivity contribution in [1.29, 1.82) is 0 Å². The summed E-state index contributed by atoms with van der Waals surface area (Å²) in [6.45, 7) is 5.47. The lowest BCUT2D eigenvalue weighted by Crippen LogP contribution is -2.53. The number of carbonyl (C=O) groups excluding carboxylic acids is 1. The molecule has 0 saturated heterocycles. The van der Waals surface area contributed by atoms with Gasteiger partial charge in [-0.1, -0.05) is 32.0 Å². The van der Waals surface area contributed by atoms with Crippen LogP contribution in [0.3, 0.4) is 0 Å². The Morgan fingerprint density at radius 2 is 1.85 bits per heavy atom. The van der Waals surface area contributed by atoms with Gasteiger partial charge in [-0.15, -0.1) is 0 Å². The van der Waals surface area contributed by atoms with Gasteiger partial charge in [0.2, 0.25) is 5.91 Å². The fourth-order valence-corrected chi connectivity index (χ4v) is 2.08. The van der Waals surface area contributed by atoms with Crippen molar-refractivity contribution in [2.45, 2.75) is 38.6 Å². The van der Waals surface area contributed by atoms with Gasteiger partial charge in [0.05, 0.1) is 5.54 Å². The summed E-state index contributed by atoms with van der Waals surface area (Å²) in [6.07, 6.45) is 2.24. The molecule has 0 fully saturated rings. The van der Waals surface area contributed by atoms with Gasteiger partial charge in [-0.3, -0.25) is 4.79 Å². The predicted octanol–water partition coefficient (Wildman–Crippen LogP) is 2.15. The summed E-state index contributed by atoms with van der Waals surface area (Å²) in [5, 5.41) is 2.94. The predicted molar refractivity (Wildman–Crippen MR) is 84.8 cm³/mol. The standard InChI is InChI=1S/C16H27N3O/c1-4-16(17,5-2)15(20)18-12-9-13-19(3)14-10-7-6-8-11-14/h6-8,10-11H,4-5,9,12-13,17H2,1-3H3,(H,18,20). The number of nitrogens with zero attached hydrogens (tertiary/aromatic N) is 1. The topological polar surface area (TPSA) is 58.4 Å². The normalized spacial score (nSPS) is 11.2. The van der Waals surface area contributed by atoms with E-state index in [4.69, 9.17) is 5.73 Å². The van der Waals surface area contributed by atoms with Gasteiger partial charge in [0.1, 0.15) is 0 Å². The van der Waals surface area contributed by atoms with E-state index in [1.807, 2.05) is 32.0 Å². The van der Waals surface area contributed by atoms with Crippen molar-refractivity contribution < 1.29 is 4.79 Å². The number of hydrogen-bond acceptors (Lipinski definition) is 3. The maximum absolute atomic E-state index is 12.0. The molecule has 0 aliphatic rings. The van der Waals surface area contributed by atoms with Crippen molar-refractivity contribution in [3.8, 4) is 0 Å². The van der Waals surface area contributed by atoms with Crippen molar-refractivity contribution in [3.63, 3.8) is 0 Å². The minimum Gasteiger partial charge on any atom is -0.375 e. The number of rotatable bonds is 8. The summed E-state index contributed by atoms with van der Waals surface area (Å²) in [4.78, 5) is 14.2. The van der Waals surface area contributed by atoms with Gasteiger partial charge < -0.3 is 16.0 Å². The number of nitrogens with one attached hydrogen (secondary N) is 1. The fourth-order valence-electron chi connectivity index (χ4n) is 2.08. The van der Waals surface area contributed by atoms with E-state index in [0.717, 1.165) is 13.0 Å². The maximum atomic E-state index is 12.0. The minimum absolute atomic E-state index is 0.0372. The second kappa shape index (κ2) is 7.90. The SMILES string of the molecule is CCC(N)(CC)C(=O)NCCCN(C)c1ccccc1. The molecule has 0 aliphatic heterocycles. The first-order chi connectivity index (χ1) is 9.53. The first-order valence-corrected chi connectivity index (χ1v) is 7.37. The Bertz CT molecular complexity index is 401. The molecule has 0 bridgehead atoms. The summed E-state index contributed by atoms with van der Waals surface area (Å²) in [7, 11) is 2.06. The minimum atomic E-state index is -0.717. The van der Waals surface area contributed by atoms with Crippen molar-refractivity contribution in [1.82, 2.24) is 5.32 Å². The Kier molecular flexibility index (Phi) is 6.52. The molecule has 0 aromatic heterocycles. The molecule has 0 aliphatic carbocycles. The van der Waals surface area contributed by atoms with Crippen molar-refractivity contribution in [3.05, 3.63) is 30.3 Å². The summed E-state index contributed by atoms with van der Waals surface area (Å²) < 4.78 is 0. The third-order valence-corrected chi connectivity index (χ3v) is 3.87. The molecule has 112 valence electrons. The van der Waals surface area contributed by atoms with Crippen molar-refractivity contribution in [2.24, 2.45) is 5.73 Å². The molecule has 1 amide bonds. The number of carbonyl (C=O) groups is 1. The Hall–Kier alpha value is -1.55. The summed E-state index contributed by atoms with van der Waals surface area (Å²) in [5.41, 5.74) is 6.52. The quantitative estimate of drug-likeness (QED) is 0.716.